The predicted molar refractivity (Wildman–Crippen MR) is 69.5 cm³/mol. The van der Waals surface area contributed by atoms with Gasteiger partial charge in [0.05, 0.1) is 19.8 Å². The molecule has 3 heterocycles. The van der Waals surface area contributed by atoms with Gasteiger partial charge in [-0.3, -0.25) is 4.90 Å². The van der Waals surface area contributed by atoms with Crippen LogP contribution in [0.5, 0.6) is 0 Å². The van der Waals surface area contributed by atoms with Crippen molar-refractivity contribution in [1.82, 2.24) is 30.4 Å². The van der Waals surface area contributed by atoms with Crippen molar-refractivity contribution in [3.8, 4) is 0 Å². The van der Waals surface area contributed by atoms with Crippen LogP contribution in [0.15, 0.2) is 0 Å². The highest BCUT2D eigenvalue weighted by Gasteiger charge is 2.19. The molecule has 0 bridgehead atoms. The zero-order valence-corrected chi connectivity index (χ0v) is 11.3. The first-order valence-corrected chi connectivity index (χ1v) is 7.17. The quantitative estimate of drug-likeness (QED) is 0.793. The van der Waals surface area contributed by atoms with Gasteiger partial charge in [-0.25, -0.2) is 4.68 Å². The molecule has 7 nitrogen and oxygen atoms in total. The molecule has 3 rings (SSSR count). The Morgan fingerprint density at radius 1 is 1.21 bits per heavy atom. The first-order chi connectivity index (χ1) is 9.42. The fourth-order valence-electron chi connectivity index (χ4n) is 2.75. The number of morpholine rings is 1. The minimum absolute atomic E-state index is 0.702. The highest BCUT2D eigenvalue weighted by atomic mass is 16.5. The molecular formula is C12H22N6O. The van der Waals surface area contributed by atoms with Gasteiger partial charge in [-0.05, 0) is 42.3 Å². The van der Waals surface area contributed by atoms with E-state index in [1.807, 2.05) is 4.68 Å². The molecule has 0 atom stereocenters. The highest BCUT2D eigenvalue weighted by molar-refractivity contribution is 4.83. The highest BCUT2D eigenvalue weighted by Crippen LogP contribution is 2.14. The summed E-state index contributed by atoms with van der Waals surface area (Å²) in [5.74, 6) is 1.69. The van der Waals surface area contributed by atoms with Gasteiger partial charge in [-0.1, -0.05) is 0 Å². The van der Waals surface area contributed by atoms with Gasteiger partial charge in [-0.2, -0.15) is 0 Å². The average Bonchev–Trinajstić information content (AvgIpc) is 2.88. The maximum Gasteiger partial charge on any atom is 0.165 e. The van der Waals surface area contributed by atoms with Crippen molar-refractivity contribution in [3.05, 3.63) is 5.82 Å². The van der Waals surface area contributed by atoms with E-state index >= 15 is 0 Å². The molecule has 1 N–H and O–H groups in total. The summed E-state index contributed by atoms with van der Waals surface area (Å²) in [6.45, 7) is 7.60. The number of nitrogens with zero attached hydrogens (tertiary/aromatic N) is 5. The Bertz CT molecular complexity index is 349. The molecule has 0 radical (unpaired) electrons. The van der Waals surface area contributed by atoms with E-state index in [0.717, 1.165) is 58.3 Å². The lowest BCUT2D eigenvalue weighted by molar-refractivity contribution is 0.0322. The van der Waals surface area contributed by atoms with Gasteiger partial charge >= 0.3 is 0 Å². The molecule has 1 aromatic heterocycles. The maximum atomic E-state index is 5.36. The van der Waals surface area contributed by atoms with Crippen molar-refractivity contribution in [1.29, 1.82) is 0 Å². The average molecular weight is 266 g/mol. The summed E-state index contributed by atoms with van der Waals surface area (Å²) in [7, 11) is 0. The van der Waals surface area contributed by atoms with Crippen LogP contribution in [0.2, 0.25) is 0 Å². The first-order valence-electron chi connectivity index (χ1n) is 7.17. The van der Waals surface area contributed by atoms with Gasteiger partial charge in [0.25, 0.3) is 0 Å². The Kier molecular flexibility index (Phi) is 4.37. The third kappa shape index (κ3) is 3.49. The van der Waals surface area contributed by atoms with E-state index in [0.29, 0.717) is 5.92 Å². The number of rotatable bonds is 4. The predicted octanol–water partition coefficient (Wildman–Crippen LogP) is -0.495. The third-order valence-electron chi connectivity index (χ3n) is 3.96. The van der Waals surface area contributed by atoms with Crippen molar-refractivity contribution in [2.75, 3.05) is 39.4 Å². The third-order valence-corrected chi connectivity index (χ3v) is 3.96. The Hall–Kier alpha value is -1.05. The summed E-state index contributed by atoms with van der Waals surface area (Å²) in [5, 5.41) is 15.6. The summed E-state index contributed by atoms with van der Waals surface area (Å²) < 4.78 is 7.36. The summed E-state index contributed by atoms with van der Waals surface area (Å²) in [5.41, 5.74) is 0. The Morgan fingerprint density at radius 2 is 2.00 bits per heavy atom. The second-order valence-corrected chi connectivity index (χ2v) is 5.36. The minimum atomic E-state index is 0.702. The van der Waals surface area contributed by atoms with Crippen LogP contribution in [-0.2, 0) is 17.8 Å². The van der Waals surface area contributed by atoms with Crippen LogP contribution in [0.3, 0.4) is 0 Å². The Balaban J connectivity index is 1.57. The molecule has 0 spiro atoms. The monoisotopic (exact) mass is 266 g/mol. The lowest BCUT2D eigenvalue weighted by Crippen LogP contribution is -2.37. The van der Waals surface area contributed by atoms with E-state index in [1.54, 1.807) is 0 Å². The molecular weight excluding hydrogens is 244 g/mol. The van der Waals surface area contributed by atoms with Crippen LogP contribution >= 0.6 is 0 Å². The van der Waals surface area contributed by atoms with Gasteiger partial charge in [0, 0.05) is 19.6 Å². The molecule has 7 heteroatoms. The van der Waals surface area contributed by atoms with E-state index in [-0.39, 0.29) is 0 Å². The molecule has 0 aromatic carbocycles. The summed E-state index contributed by atoms with van der Waals surface area (Å²) in [4.78, 5) is 2.36. The van der Waals surface area contributed by atoms with E-state index in [9.17, 15) is 0 Å². The number of aromatic nitrogens is 4. The molecule has 0 unspecified atom stereocenters. The fraction of sp³-hybridized carbons (Fsp3) is 0.917. The smallest absolute Gasteiger partial charge is 0.165 e. The molecule has 0 aliphatic carbocycles. The summed E-state index contributed by atoms with van der Waals surface area (Å²) in [6, 6.07) is 0. The topological polar surface area (TPSA) is 68.1 Å². The molecule has 0 saturated carbocycles. The van der Waals surface area contributed by atoms with E-state index < -0.39 is 0 Å². The molecule has 2 aliphatic rings. The van der Waals surface area contributed by atoms with Gasteiger partial charge in [0.1, 0.15) is 0 Å². The Morgan fingerprint density at radius 3 is 2.79 bits per heavy atom. The SMILES string of the molecule is C1CC(Cn2nnnc2CN2CCOCC2)CCN1. The number of nitrogens with one attached hydrogen (secondary N) is 1. The van der Waals surface area contributed by atoms with Crippen molar-refractivity contribution in [2.45, 2.75) is 25.9 Å². The molecule has 2 saturated heterocycles. The first kappa shape index (κ1) is 13.0. The van der Waals surface area contributed by atoms with Gasteiger partial charge in [0.15, 0.2) is 5.82 Å². The van der Waals surface area contributed by atoms with Crippen LogP contribution in [-0.4, -0.2) is 64.5 Å². The van der Waals surface area contributed by atoms with E-state index in [1.165, 1.54) is 12.8 Å². The molecule has 0 amide bonds. The number of hydrogen-bond acceptors (Lipinski definition) is 6. The molecule has 19 heavy (non-hydrogen) atoms. The summed E-state index contributed by atoms with van der Waals surface area (Å²) >= 11 is 0. The lowest BCUT2D eigenvalue weighted by Gasteiger charge is -2.26. The van der Waals surface area contributed by atoms with Gasteiger partial charge in [-0.15, -0.1) is 5.10 Å². The van der Waals surface area contributed by atoms with Crippen molar-refractivity contribution in [3.63, 3.8) is 0 Å². The number of piperidine rings is 1. The second kappa shape index (κ2) is 6.40. The lowest BCUT2D eigenvalue weighted by atomic mass is 9.98. The molecule has 1 aromatic rings. The number of ether oxygens (including phenoxy) is 1. The van der Waals surface area contributed by atoms with Crippen LogP contribution in [0.1, 0.15) is 18.7 Å². The number of tetrazole rings is 1. The fourth-order valence-corrected chi connectivity index (χ4v) is 2.75. The van der Waals surface area contributed by atoms with Crippen LogP contribution in [0.25, 0.3) is 0 Å². The van der Waals surface area contributed by atoms with Crippen molar-refractivity contribution < 1.29 is 4.74 Å². The minimum Gasteiger partial charge on any atom is -0.379 e. The summed E-state index contributed by atoms with van der Waals surface area (Å²) in [6.07, 6.45) is 2.44. The molecule has 2 fully saturated rings. The maximum absolute atomic E-state index is 5.36. The molecule has 2 aliphatic heterocycles. The second-order valence-electron chi connectivity index (χ2n) is 5.36. The standard InChI is InChI=1S/C12H22N6O/c1-3-13-4-2-11(1)9-18-12(14-15-16-18)10-17-5-7-19-8-6-17/h11,13H,1-10H2. The molecule has 106 valence electrons. The van der Waals surface area contributed by atoms with Crippen LogP contribution < -0.4 is 5.32 Å². The van der Waals surface area contributed by atoms with Gasteiger partial charge < -0.3 is 10.1 Å². The van der Waals surface area contributed by atoms with Crippen LogP contribution in [0.4, 0.5) is 0 Å². The van der Waals surface area contributed by atoms with Gasteiger partial charge in [0.2, 0.25) is 0 Å². The largest absolute Gasteiger partial charge is 0.379 e. The zero-order chi connectivity index (χ0) is 12.9. The van der Waals surface area contributed by atoms with E-state index in [2.05, 4.69) is 25.7 Å². The zero-order valence-electron chi connectivity index (χ0n) is 11.3. The van der Waals surface area contributed by atoms with E-state index in [4.69, 9.17) is 4.74 Å². The van der Waals surface area contributed by atoms with Crippen molar-refractivity contribution >= 4 is 0 Å². The number of hydrogen-bond donors (Lipinski definition) is 1. The Labute approximate surface area is 113 Å². The van der Waals surface area contributed by atoms with Crippen LogP contribution in [0, 0.1) is 5.92 Å². The van der Waals surface area contributed by atoms with Crippen molar-refractivity contribution in [2.24, 2.45) is 5.92 Å². The normalized spacial score (nSPS) is 22.7.